The summed E-state index contributed by atoms with van der Waals surface area (Å²) in [4.78, 5) is 16.0. The first-order valence-electron chi connectivity index (χ1n) is 9.24. The van der Waals surface area contributed by atoms with Crippen molar-refractivity contribution in [3.05, 3.63) is 53.7 Å². The minimum absolute atomic E-state index is 0.128. The number of fused-ring (bicyclic) bond motifs is 2. The van der Waals surface area contributed by atoms with Crippen LogP contribution < -0.4 is 15.4 Å². The zero-order valence-electron chi connectivity index (χ0n) is 15.5. The number of amides is 1. The van der Waals surface area contributed by atoms with Gasteiger partial charge in [0.1, 0.15) is 0 Å². The first kappa shape index (κ1) is 19.7. The molecule has 0 saturated carbocycles. The Balaban J connectivity index is 1.32. The molecule has 154 valence electrons. The molecule has 9 heteroatoms. The number of ether oxygens (including phenoxy) is 2. The summed E-state index contributed by atoms with van der Waals surface area (Å²) in [7, 11) is 0. The highest BCUT2D eigenvalue weighted by Gasteiger charge is 2.45. The fourth-order valence-electron chi connectivity index (χ4n) is 3.65. The summed E-state index contributed by atoms with van der Waals surface area (Å²) < 4.78 is 46.9. The molecule has 0 radical (unpaired) electrons. The molecular weight excluding hydrogens is 387 g/mol. The van der Waals surface area contributed by atoms with Crippen LogP contribution in [0.5, 0.6) is 5.88 Å². The molecule has 2 fully saturated rings. The van der Waals surface area contributed by atoms with Gasteiger partial charge in [0.15, 0.2) is 6.61 Å². The second-order valence-electron chi connectivity index (χ2n) is 7.39. The second-order valence-corrected chi connectivity index (χ2v) is 7.39. The van der Waals surface area contributed by atoms with Crippen molar-refractivity contribution < 1.29 is 27.4 Å². The van der Waals surface area contributed by atoms with Crippen molar-refractivity contribution in [2.45, 2.75) is 30.7 Å². The minimum atomic E-state index is -4.44. The molecule has 4 rings (SSSR count). The van der Waals surface area contributed by atoms with Crippen molar-refractivity contribution >= 4 is 11.6 Å². The van der Waals surface area contributed by atoms with E-state index in [-0.39, 0.29) is 17.0 Å². The molecule has 1 aromatic heterocycles. The molecule has 6 nitrogen and oxygen atoms in total. The van der Waals surface area contributed by atoms with Gasteiger partial charge in [-0.1, -0.05) is 12.1 Å². The van der Waals surface area contributed by atoms with E-state index >= 15 is 0 Å². The van der Waals surface area contributed by atoms with E-state index in [0.29, 0.717) is 11.7 Å². The highest BCUT2D eigenvalue weighted by atomic mass is 19.4. The van der Waals surface area contributed by atoms with E-state index in [1.165, 1.54) is 18.3 Å². The van der Waals surface area contributed by atoms with Crippen LogP contribution in [0.3, 0.4) is 0 Å². The van der Waals surface area contributed by atoms with Gasteiger partial charge in [0.25, 0.3) is 5.91 Å². The van der Waals surface area contributed by atoms with Gasteiger partial charge >= 0.3 is 6.18 Å². The smallest absolute Gasteiger partial charge is 0.422 e. The fourth-order valence-corrected chi connectivity index (χ4v) is 3.65. The predicted molar refractivity (Wildman–Crippen MR) is 99.0 cm³/mol. The molecule has 1 aromatic carbocycles. The Labute approximate surface area is 165 Å². The van der Waals surface area contributed by atoms with Crippen molar-refractivity contribution in [3.8, 4) is 5.88 Å². The maximum atomic E-state index is 12.3. The molecule has 3 heterocycles. The normalized spacial score (nSPS) is 23.2. The monoisotopic (exact) mass is 407 g/mol. The topological polar surface area (TPSA) is 72.5 Å². The average Bonchev–Trinajstić information content (AvgIpc) is 3.28. The van der Waals surface area contributed by atoms with Crippen molar-refractivity contribution in [2.24, 2.45) is 0 Å². The van der Waals surface area contributed by atoms with Gasteiger partial charge < -0.3 is 20.1 Å². The Bertz CT molecular complexity index is 861. The van der Waals surface area contributed by atoms with Gasteiger partial charge in [-0.2, -0.15) is 13.2 Å². The van der Waals surface area contributed by atoms with E-state index in [0.717, 1.165) is 31.6 Å². The van der Waals surface area contributed by atoms with Gasteiger partial charge in [0.05, 0.1) is 17.8 Å². The third-order valence-electron chi connectivity index (χ3n) is 5.04. The van der Waals surface area contributed by atoms with Crippen LogP contribution in [-0.4, -0.2) is 48.5 Å². The molecule has 2 bridgehead atoms. The van der Waals surface area contributed by atoms with Crippen LogP contribution in [0.1, 0.15) is 22.3 Å². The zero-order valence-corrected chi connectivity index (χ0v) is 15.5. The lowest BCUT2D eigenvalue weighted by Crippen LogP contribution is -2.40. The van der Waals surface area contributed by atoms with Crippen LogP contribution in [0.25, 0.3) is 0 Å². The summed E-state index contributed by atoms with van der Waals surface area (Å²) in [6, 6.07) is 10.6. The van der Waals surface area contributed by atoms with Crippen molar-refractivity contribution in [1.82, 2.24) is 10.3 Å². The van der Waals surface area contributed by atoms with E-state index in [1.54, 1.807) is 0 Å². The number of nitrogens with one attached hydrogen (secondary N) is 2. The fraction of sp³-hybridized carbons (Fsp3) is 0.400. The first-order chi connectivity index (χ1) is 13.8. The van der Waals surface area contributed by atoms with Crippen molar-refractivity contribution in [1.29, 1.82) is 0 Å². The van der Waals surface area contributed by atoms with Crippen LogP contribution in [-0.2, 0) is 11.2 Å². The van der Waals surface area contributed by atoms with E-state index in [4.69, 9.17) is 4.74 Å². The van der Waals surface area contributed by atoms with Gasteiger partial charge in [0.2, 0.25) is 5.88 Å². The number of nitrogens with zero attached hydrogens (tertiary/aromatic N) is 1. The zero-order chi connectivity index (χ0) is 20.5. The van der Waals surface area contributed by atoms with Crippen molar-refractivity contribution in [2.75, 3.05) is 25.1 Å². The minimum Gasteiger partial charge on any atom is -0.468 e. The maximum Gasteiger partial charge on any atom is 0.422 e. The quantitative estimate of drug-likeness (QED) is 0.771. The molecule has 29 heavy (non-hydrogen) atoms. The van der Waals surface area contributed by atoms with Gasteiger partial charge in [-0.15, -0.1) is 0 Å². The molecule has 0 unspecified atom stereocenters. The number of aromatic nitrogens is 1. The average molecular weight is 407 g/mol. The molecule has 0 aliphatic carbocycles. The SMILES string of the molecule is O=C(Nc1ccc(C[C@]23CN[C@H](CO2)C3)cc1)c1ccc(OCC(F)(F)F)nc1. The lowest BCUT2D eigenvalue weighted by atomic mass is 9.93. The lowest BCUT2D eigenvalue weighted by Gasteiger charge is -2.26. The molecular formula is C20H20F3N3O3. The second kappa shape index (κ2) is 7.64. The Kier molecular flexibility index (Phi) is 5.18. The third kappa shape index (κ3) is 4.86. The summed E-state index contributed by atoms with van der Waals surface area (Å²) in [6.07, 6.45) is -1.44. The summed E-state index contributed by atoms with van der Waals surface area (Å²) >= 11 is 0. The number of carbonyl (C=O) groups is 1. The lowest BCUT2D eigenvalue weighted by molar-refractivity contribution is -0.154. The number of pyridine rings is 1. The van der Waals surface area contributed by atoms with Crippen LogP contribution in [0, 0.1) is 0 Å². The van der Waals surface area contributed by atoms with Crippen LogP contribution in [0.2, 0.25) is 0 Å². The number of carbonyl (C=O) groups excluding carboxylic acids is 1. The molecule has 2 aliphatic rings. The van der Waals surface area contributed by atoms with Gasteiger partial charge in [-0.25, -0.2) is 4.98 Å². The highest BCUT2D eigenvalue weighted by Crippen LogP contribution is 2.34. The number of morpholine rings is 1. The van der Waals surface area contributed by atoms with Gasteiger partial charge in [-0.05, 0) is 30.2 Å². The Morgan fingerprint density at radius 3 is 2.62 bits per heavy atom. The van der Waals surface area contributed by atoms with E-state index in [9.17, 15) is 18.0 Å². The largest absolute Gasteiger partial charge is 0.468 e. The maximum absolute atomic E-state index is 12.3. The summed E-state index contributed by atoms with van der Waals surface area (Å²) in [5.41, 5.74) is 1.83. The predicted octanol–water partition coefficient (Wildman–Crippen LogP) is 2.95. The van der Waals surface area contributed by atoms with E-state index < -0.39 is 18.7 Å². The third-order valence-corrected chi connectivity index (χ3v) is 5.04. The molecule has 2 atom stereocenters. The molecule has 2 aliphatic heterocycles. The summed E-state index contributed by atoms with van der Waals surface area (Å²) in [5.74, 6) is -0.603. The van der Waals surface area contributed by atoms with E-state index in [1.807, 2.05) is 24.3 Å². The number of alkyl halides is 3. The van der Waals surface area contributed by atoms with Gasteiger partial charge in [-0.3, -0.25) is 4.79 Å². The molecule has 1 amide bonds. The molecule has 2 saturated heterocycles. The Morgan fingerprint density at radius 2 is 2.07 bits per heavy atom. The van der Waals surface area contributed by atoms with Crippen LogP contribution >= 0.6 is 0 Å². The number of rotatable bonds is 6. The van der Waals surface area contributed by atoms with Crippen LogP contribution in [0.15, 0.2) is 42.6 Å². The number of hydrogen-bond donors (Lipinski definition) is 2. The number of halogens is 3. The molecule has 2 N–H and O–H groups in total. The number of hydrogen-bond acceptors (Lipinski definition) is 5. The molecule has 2 aromatic rings. The van der Waals surface area contributed by atoms with Crippen LogP contribution in [0.4, 0.5) is 18.9 Å². The standard InChI is InChI=1S/C20H20F3N3O3/c21-20(22,23)12-28-17-6-3-14(9-24-17)18(27)26-15-4-1-13(2-5-15)7-19-8-16(10-29-19)25-11-19/h1-6,9,16,25H,7-8,10-12H2,(H,26,27)/t16-,19-/m0/s1. The highest BCUT2D eigenvalue weighted by molar-refractivity contribution is 6.04. The Morgan fingerprint density at radius 1 is 1.28 bits per heavy atom. The Hall–Kier alpha value is -2.65. The summed E-state index contributed by atoms with van der Waals surface area (Å²) in [6.45, 7) is 0.176. The summed E-state index contributed by atoms with van der Waals surface area (Å²) in [5, 5.41) is 6.18. The van der Waals surface area contributed by atoms with Crippen molar-refractivity contribution in [3.63, 3.8) is 0 Å². The van der Waals surface area contributed by atoms with E-state index in [2.05, 4.69) is 20.4 Å². The number of benzene rings is 1. The number of anilines is 1. The molecule has 0 spiro atoms. The van der Waals surface area contributed by atoms with Gasteiger partial charge in [0, 0.05) is 37.0 Å². The first-order valence-corrected chi connectivity index (χ1v) is 9.24.